The smallest absolute Gasteiger partial charge is 0.328 e. The van der Waals surface area contributed by atoms with E-state index < -0.39 is 22.1 Å². The highest BCUT2D eigenvalue weighted by Gasteiger charge is 2.50. The number of Topliss-reactive ketones (excluding diaryl/α,β-unsaturated/α-hetero) is 1. The second-order valence-electron chi connectivity index (χ2n) is 7.60. The fourth-order valence-corrected chi connectivity index (χ4v) is 4.66. The van der Waals surface area contributed by atoms with Crippen LogP contribution in [0, 0.1) is 10.1 Å². The summed E-state index contributed by atoms with van der Waals surface area (Å²) in [5.74, 6) is -0.668. The van der Waals surface area contributed by atoms with Gasteiger partial charge in [-0.3, -0.25) is 19.7 Å². The summed E-state index contributed by atoms with van der Waals surface area (Å²) >= 11 is 6.18. The van der Waals surface area contributed by atoms with E-state index >= 15 is 0 Å². The summed E-state index contributed by atoms with van der Waals surface area (Å²) in [7, 11) is 1.74. The van der Waals surface area contributed by atoms with Crippen LogP contribution in [0.15, 0.2) is 30.3 Å². The van der Waals surface area contributed by atoms with Gasteiger partial charge in [-0.1, -0.05) is 41.9 Å². The molecule has 0 bridgehead atoms. The molecule has 4 rings (SSSR count). The van der Waals surface area contributed by atoms with Crippen LogP contribution in [0.4, 0.5) is 5.69 Å². The highest BCUT2D eigenvalue weighted by atomic mass is 35.5. The van der Waals surface area contributed by atoms with E-state index in [2.05, 4.69) is 9.97 Å². The molecule has 9 heteroatoms. The summed E-state index contributed by atoms with van der Waals surface area (Å²) < 4.78 is 0. The van der Waals surface area contributed by atoms with Gasteiger partial charge in [0.05, 0.1) is 10.8 Å². The normalized spacial score (nSPS) is 24.3. The van der Waals surface area contributed by atoms with Gasteiger partial charge in [-0.05, 0) is 19.3 Å². The van der Waals surface area contributed by atoms with Crippen LogP contribution in [-0.2, 0) is 9.59 Å². The molecule has 8 nitrogen and oxygen atoms in total. The highest BCUT2D eigenvalue weighted by Crippen LogP contribution is 2.47. The van der Waals surface area contributed by atoms with Crippen molar-refractivity contribution in [3.8, 4) is 11.4 Å². The maximum atomic E-state index is 12.8. The van der Waals surface area contributed by atoms with Gasteiger partial charge in [0.2, 0.25) is 11.1 Å². The molecular weight excluding hydrogens is 396 g/mol. The van der Waals surface area contributed by atoms with Crippen molar-refractivity contribution in [1.82, 2.24) is 14.9 Å². The molecule has 2 unspecified atom stereocenters. The number of benzene rings is 1. The molecule has 1 aromatic carbocycles. The summed E-state index contributed by atoms with van der Waals surface area (Å²) in [6.07, 6.45) is 2.14. The predicted octanol–water partition coefficient (Wildman–Crippen LogP) is 3.53. The number of aromatic nitrogens is 2. The number of carbonyl (C=O) groups is 2. The number of likely N-dealkylation sites (tertiary alicyclic amines) is 1. The van der Waals surface area contributed by atoms with Gasteiger partial charge >= 0.3 is 5.69 Å². The van der Waals surface area contributed by atoms with Crippen molar-refractivity contribution >= 4 is 29.0 Å². The van der Waals surface area contributed by atoms with E-state index in [0.717, 1.165) is 0 Å². The third kappa shape index (κ3) is 3.27. The Morgan fingerprint density at radius 3 is 2.48 bits per heavy atom. The van der Waals surface area contributed by atoms with Crippen molar-refractivity contribution in [3.05, 3.63) is 51.3 Å². The van der Waals surface area contributed by atoms with Gasteiger partial charge in [-0.25, -0.2) is 9.97 Å². The maximum Gasteiger partial charge on any atom is 0.328 e. The van der Waals surface area contributed by atoms with Gasteiger partial charge in [-0.2, -0.15) is 0 Å². The van der Waals surface area contributed by atoms with E-state index in [1.54, 1.807) is 36.2 Å². The van der Waals surface area contributed by atoms with Gasteiger partial charge in [0.1, 0.15) is 11.5 Å². The lowest BCUT2D eigenvalue weighted by molar-refractivity contribution is -0.386. The first-order valence-electron chi connectivity index (χ1n) is 9.39. The number of halogens is 1. The molecule has 1 aliphatic heterocycles. The van der Waals surface area contributed by atoms with E-state index in [4.69, 9.17) is 11.6 Å². The van der Waals surface area contributed by atoms with Crippen molar-refractivity contribution in [2.24, 2.45) is 0 Å². The van der Waals surface area contributed by atoms with Gasteiger partial charge in [0.15, 0.2) is 5.82 Å². The Bertz CT molecular complexity index is 1010. The SMILES string of the molecule is CN1C(=O)CCC12CCC(=O)C(c1nc(-c3ccccc3)nc(Cl)c1[N+](=O)[O-])C2. The zero-order chi connectivity index (χ0) is 20.8. The number of hydrogen-bond donors (Lipinski definition) is 0. The van der Waals surface area contributed by atoms with Crippen molar-refractivity contribution in [1.29, 1.82) is 0 Å². The van der Waals surface area contributed by atoms with Crippen LogP contribution in [0.1, 0.15) is 43.7 Å². The van der Waals surface area contributed by atoms with Crippen molar-refractivity contribution < 1.29 is 14.5 Å². The lowest BCUT2D eigenvalue weighted by atomic mass is 9.72. The van der Waals surface area contributed by atoms with Crippen molar-refractivity contribution in [2.45, 2.75) is 43.6 Å². The molecule has 1 amide bonds. The zero-order valence-corrected chi connectivity index (χ0v) is 16.6. The molecule has 1 aliphatic carbocycles. The van der Waals surface area contributed by atoms with Gasteiger partial charge < -0.3 is 4.90 Å². The fraction of sp³-hybridized carbons (Fsp3) is 0.400. The Morgan fingerprint density at radius 1 is 1.17 bits per heavy atom. The first-order chi connectivity index (χ1) is 13.8. The third-order valence-corrected chi connectivity index (χ3v) is 6.38. The minimum Gasteiger partial charge on any atom is -0.340 e. The van der Waals surface area contributed by atoms with Crippen LogP contribution in [-0.4, -0.2) is 44.1 Å². The highest BCUT2D eigenvalue weighted by molar-refractivity contribution is 6.31. The topological polar surface area (TPSA) is 106 Å². The standard InChI is InChI=1S/C20H19ClN4O4/c1-24-15(27)8-10-20(24)9-7-14(26)13(11-20)16-17(25(28)29)18(21)23-19(22-16)12-5-3-2-4-6-12/h2-6,13H,7-11H2,1H3. The molecule has 1 saturated carbocycles. The number of nitro groups is 1. The lowest BCUT2D eigenvalue weighted by Crippen LogP contribution is -2.48. The third-order valence-electron chi connectivity index (χ3n) is 6.11. The number of rotatable bonds is 3. The molecule has 1 saturated heterocycles. The van der Waals surface area contributed by atoms with Crippen LogP contribution in [0.25, 0.3) is 11.4 Å². The minimum atomic E-state index is -0.805. The van der Waals surface area contributed by atoms with E-state index in [0.29, 0.717) is 31.2 Å². The predicted molar refractivity (Wildman–Crippen MR) is 105 cm³/mol. The Hall–Kier alpha value is -2.87. The first kappa shape index (κ1) is 19.4. The van der Waals surface area contributed by atoms with Crippen LogP contribution >= 0.6 is 11.6 Å². The van der Waals surface area contributed by atoms with Crippen molar-refractivity contribution in [2.75, 3.05) is 7.05 Å². The molecule has 1 spiro atoms. The molecule has 0 N–H and O–H groups in total. The molecule has 0 radical (unpaired) electrons. The lowest BCUT2D eigenvalue weighted by Gasteiger charge is -2.41. The van der Waals surface area contributed by atoms with Crippen LogP contribution in [0.2, 0.25) is 5.15 Å². The Balaban J connectivity index is 1.83. The summed E-state index contributed by atoms with van der Waals surface area (Å²) in [5, 5.41) is 11.4. The minimum absolute atomic E-state index is 0.0262. The van der Waals surface area contributed by atoms with Crippen LogP contribution in [0.5, 0.6) is 0 Å². The average molecular weight is 415 g/mol. The van der Waals surface area contributed by atoms with Crippen LogP contribution < -0.4 is 0 Å². The van der Waals surface area contributed by atoms with Gasteiger partial charge in [0.25, 0.3) is 0 Å². The number of ketones is 1. The van der Waals surface area contributed by atoms with Gasteiger partial charge in [0, 0.05) is 31.0 Å². The molecule has 150 valence electrons. The quantitative estimate of drug-likeness (QED) is 0.432. The second-order valence-corrected chi connectivity index (χ2v) is 7.95. The van der Waals surface area contributed by atoms with E-state index in [1.165, 1.54) is 0 Å². The first-order valence-corrected chi connectivity index (χ1v) is 9.77. The van der Waals surface area contributed by atoms with E-state index in [9.17, 15) is 19.7 Å². The summed E-state index contributed by atoms with van der Waals surface area (Å²) in [6, 6.07) is 8.98. The molecule has 2 aliphatic rings. The van der Waals surface area contributed by atoms with Crippen molar-refractivity contribution in [3.63, 3.8) is 0 Å². The molecule has 2 atom stereocenters. The number of amides is 1. The maximum absolute atomic E-state index is 12.8. The molecular formula is C20H19ClN4O4. The molecule has 2 aromatic rings. The average Bonchev–Trinajstić information content (AvgIpc) is 2.98. The fourth-order valence-electron chi connectivity index (χ4n) is 4.42. The van der Waals surface area contributed by atoms with E-state index in [-0.39, 0.29) is 34.8 Å². The summed E-state index contributed by atoms with van der Waals surface area (Å²) in [6.45, 7) is 0. The Morgan fingerprint density at radius 2 is 1.86 bits per heavy atom. The number of hydrogen-bond acceptors (Lipinski definition) is 6. The summed E-state index contributed by atoms with van der Waals surface area (Å²) in [4.78, 5) is 46.3. The molecule has 2 fully saturated rings. The number of nitrogens with zero attached hydrogens (tertiary/aromatic N) is 4. The van der Waals surface area contributed by atoms with Gasteiger partial charge in [-0.15, -0.1) is 0 Å². The molecule has 2 heterocycles. The number of carbonyl (C=O) groups excluding carboxylic acids is 2. The zero-order valence-electron chi connectivity index (χ0n) is 15.8. The Kier molecular flexibility index (Phi) is 4.82. The molecule has 1 aromatic heterocycles. The molecule has 29 heavy (non-hydrogen) atoms. The largest absolute Gasteiger partial charge is 0.340 e. The summed E-state index contributed by atoms with van der Waals surface area (Å²) in [5.41, 5.74) is -0.232. The Labute approximate surface area is 172 Å². The van der Waals surface area contributed by atoms with Crippen LogP contribution in [0.3, 0.4) is 0 Å². The van der Waals surface area contributed by atoms with E-state index in [1.807, 2.05) is 6.07 Å². The second kappa shape index (κ2) is 7.18. The monoisotopic (exact) mass is 414 g/mol.